The highest BCUT2D eigenvalue weighted by molar-refractivity contribution is 5.78. The van der Waals surface area contributed by atoms with Gasteiger partial charge in [0.15, 0.2) is 6.10 Å². The van der Waals surface area contributed by atoms with Crippen LogP contribution in [0.5, 0.6) is 5.75 Å². The number of ether oxygens (including phenoxy) is 2. The number of ketones is 1. The van der Waals surface area contributed by atoms with E-state index in [9.17, 15) is 9.59 Å². The zero-order chi connectivity index (χ0) is 14.3. The Kier molecular flexibility index (Phi) is 6.06. The Morgan fingerprint density at radius 2 is 1.84 bits per heavy atom. The number of carbonyl (C=O) groups is 2. The second-order valence-electron chi connectivity index (χ2n) is 4.44. The molecule has 1 rings (SSSR count). The van der Waals surface area contributed by atoms with Crippen molar-refractivity contribution in [1.29, 1.82) is 0 Å². The van der Waals surface area contributed by atoms with Crippen LogP contribution in [0.4, 0.5) is 0 Å². The van der Waals surface area contributed by atoms with Crippen LogP contribution in [-0.2, 0) is 20.7 Å². The minimum absolute atomic E-state index is 0.118. The van der Waals surface area contributed by atoms with Crippen LogP contribution in [0.15, 0.2) is 24.3 Å². The molecule has 0 saturated heterocycles. The fraction of sp³-hybridized carbons (Fsp3) is 0.467. The number of Topliss-reactive ketones (excluding diaryl/α,β-unsaturated/α-hetero) is 1. The van der Waals surface area contributed by atoms with E-state index in [0.717, 1.165) is 12.0 Å². The number of benzene rings is 1. The van der Waals surface area contributed by atoms with Gasteiger partial charge in [-0.2, -0.15) is 0 Å². The lowest BCUT2D eigenvalue weighted by Crippen LogP contribution is -2.28. The first-order valence-electron chi connectivity index (χ1n) is 6.39. The molecule has 0 amide bonds. The van der Waals surface area contributed by atoms with Crippen molar-refractivity contribution in [2.45, 2.75) is 39.2 Å². The van der Waals surface area contributed by atoms with Gasteiger partial charge in [-0.1, -0.05) is 25.5 Å². The van der Waals surface area contributed by atoms with E-state index >= 15 is 0 Å². The number of rotatable bonds is 7. The average Bonchev–Trinajstić information content (AvgIpc) is 2.39. The monoisotopic (exact) mass is 264 g/mol. The number of hydrogen-bond acceptors (Lipinski definition) is 4. The third-order valence-electron chi connectivity index (χ3n) is 2.67. The van der Waals surface area contributed by atoms with Crippen molar-refractivity contribution in [2.75, 3.05) is 7.11 Å². The predicted molar refractivity (Wildman–Crippen MR) is 72.2 cm³/mol. The number of carbonyl (C=O) groups excluding carboxylic acids is 2. The minimum atomic E-state index is -0.575. The highest BCUT2D eigenvalue weighted by atomic mass is 16.6. The van der Waals surface area contributed by atoms with Crippen LogP contribution < -0.4 is 4.74 Å². The highest BCUT2D eigenvalue weighted by Gasteiger charge is 2.19. The summed E-state index contributed by atoms with van der Waals surface area (Å²) in [6, 6.07) is 7.20. The zero-order valence-corrected chi connectivity index (χ0v) is 11.6. The molecule has 0 bridgehead atoms. The molecule has 0 saturated carbocycles. The van der Waals surface area contributed by atoms with Crippen LogP contribution in [0, 0.1) is 0 Å². The Morgan fingerprint density at radius 1 is 1.21 bits per heavy atom. The first kappa shape index (κ1) is 15.2. The maximum atomic E-state index is 11.5. The Balaban J connectivity index is 2.69. The molecule has 1 atom stereocenters. The van der Waals surface area contributed by atoms with E-state index in [0.29, 0.717) is 18.6 Å². The molecule has 0 spiro atoms. The molecule has 0 N–H and O–H groups in total. The normalized spacial score (nSPS) is 11.7. The van der Waals surface area contributed by atoms with Gasteiger partial charge in [-0.15, -0.1) is 0 Å². The van der Waals surface area contributed by atoms with Gasteiger partial charge in [-0.25, -0.2) is 4.79 Å². The van der Waals surface area contributed by atoms with Crippen LogP contribution in [0.1, 0.15) is 32.3 Å². The van der Waals surface area contributed by atoms with Gasteiger partial charge in [-0.05, 0) is 31.0 Å². The van der Waals surface area contributed by atoms with Crippen LogP contribution in [0.3, 0.4) is 0 Å². The molecule has 1 aromatic carbocycles. The largest absolute Gasteiger partial charge is 0.479 e. The molecule has 0 heterocycles. The van der Waals surface area contributed by atoms with Gasteiger partial charge in [0.25, 0.3) is 0 Å². The summed E-state index contributed by atoms with van der Waals surface area (Å²) in [4.78, 5) is 22.5. The summed E-state index contributed by atoms with van der Waals surface area (Å²) in [7, 11) is 1.35. The Labute approximate surface area is 113 Å². The van der Waals surface area contributed by atoms with Crippen molar-refractivity contribution in [3.8, 4) is 5.75 Å². The Hall–Kier alpha value is -1.84. The maximum Gasteiger partial charge on any atom is 0.347 e. The van der Waals surface area contributed by atoms with Crippen molar-refractivity contribution in [2.24, 2.45) is 0 Å². The van der Waals surface area contributed by atoms with Crippen molar-refractivity contribution >= 4 is 11.8 Å². The molecule has 1 unspecified atom stereocenters. The van der Waals surface area contributed by atoms with Gasteiger partial charge in [0, 0.05) is 6.42 Å². The van der Waals surface area contributed by atoms with Crippen LogP contribution >= 0.6 is 0 Å². The summed E-state index contributed by atoms with van der Waals surface area (Å²) in [5.41, 5.74) is 0.935. The second-order valence-corrected chi connectivity index (χ2v) is 4.44. The maximum absolute atomic E-state index is 11.5. The van der Waals surface area contributed by atoms with Crippen molar-refractivity contribution < 1.29 is 19.1 Å². The predicted octanol–water partition coefficient (Wildman–Crippen LogP) is 2.54. The van der Waals surface area contributed by atoms with Crippen molar-refractivity contribution in [1.82, 2.24) is 0 Å². The molecule has 0 aliphatic rings. The van der Waals surface area contributed by atoms with E-state index in [2.05, 4.69) is 0 Å². The molecular weight excluding hydrogens is 244 g/mol. The van der Waals surface area contributed by atoms with Crippen LogP contribution in [-0.4, -0.2) is 25.0 Å². The smallest absolute Gasteiger partial charge is 0.347 e. The molecule has 104 valence electrons. The van der Waals surface area contributed by atoms with Crippen LogP contribution in [0.2, 0.25) is 0 Å². The second kappa shape index (κ2) is 7.56. The highest BCUT2D eigenvalue weighted by Crippen LogP contribution is 2.16. The standard InChI is InChI=1S/C15H20O4/c1-4-5-14(15(17)18-3)19-13-8-6-12(7-9-13)10-11(2)16/h6-9,14H,4-5,10H2,1-3H3. The van der Waals surface area contributed by atoms with E-state index in [1.165, 1.54) is 7.11 Å². The zero-order valence-electron chi connectivity index (χ0n) is 11.6. The Morgan fingerprint density at radius 3 is 2.32 bits per heavy atom. The summed E-state index contributed by atoms with van der Waals surface area (Å²) in [5, 5.41) is 0. The summed E-state index contributed by atoms with van der Waals surface area (Å²) in [5.74, 6) is 0.359. The molecule has 0 aliphatic carbocycles. The third-order valence-corrected chi connectivity index (χ3v) is 2.67. The summed E-state index contributed by atoms with van der Waals surface area (Å²) in [6.45, 7) is 3.54. The number of methoxy groups -OCH3 is 1. The molecule has 19 heavy (non-hydrogen) atoms. The van der Waals surface area contributed by atoms with Crippen LogP contribution in [0.25, 0.3) is 0 Å². The lowest BCUT2D eigenvalue weighted by Gasteiger charge is -2.16. The molecule has 0 aliphatic heterocycles. The first-order chi connectivity index (χ1) is 9.06. The lowest BCUT2D eigenvalue weighted by molar-refractivity contribution is -0.149. The SMILES string of the molecule is CCCC(Oc1ccc(CC(C)=O)cc1)C(=O)OC. The molecule has 0 fully saturated rings. The van der Waals surface area contributed by atoms with E-state index in [-0.39, 0.29) is 11.8 Å². The van der Waals surface area contributed by atoms with Gasteiger partial charge >= 0.3 is 5.97 Å². The molecule has 0 aromatic heterocycles. The molecule has 1 aromatic rings. The summed E-state index contributed by atoms with van der Waals surface area (Å²) in [6.07, 6.45) is 1.29. The number of hydrogen-bond donors (Lipinski definition) is 0. The lowest BCUT2D eigenvalue weighted by atomic mass is 10.1. The van der Waals surface area contributed by atoms with Gasteiger partial charge in [0.2, 0.25) is 0 Å². The average molecular weight is 264 g/mol. The quantitative estimate of drug-likeness (QED) is 0.710. The van der Waals surface area contributed by atoms with E-state index in [1.807, 2.05) is 19.1 Å². The van der Waals surface area contributed by atoms with E-state index < -0.39 is 6.10 Å². The van der Waals surface area contributed by atoms with Gasteiger partial charge in [0.05, 0.1) is 7.11 Å². The van der Waals surface area contributed by atoms with E-state index in [4.69, 9.17) is 9.47 Å². The summed E-state index contributed by atoms with van der Waals surface area (Å²) >= 11 is 0. The summed E-state index contributed by atoms with van der Waals surface area (Å²) < 4.78 is 10.3. The molecule has 4 heteroatoms. The fourth-order valence-electron chi connectivity index (χ4n) is 1.76. The van der Waals surface area contributed by atoms with E-state index in [1.54, 1.807) is 19.1 Å². The van der Waals surface area contributed by atoms with Crippen molar-refractivity contribution in [3.05, 3.63) is 29.8 Å². The van der Waals surface area contributed by atoms with Gasteiger partial charge < -0.3 is 9.47 Å². The van der Waals surface area contributed by atoms with Gasteiger partial charge in [0.1, 0.15) is 11.5 Å². The fourth-order valence-corrected chi connectivity index (χ4v) is 1.76. The molecular formula is C15H20O4. The molecule has 0 radical (unpaired) electrons. The minimum Gasteiger partial charge on any atom is -0.479 e. The van der Waals surface area contributed by atoms with Gasteiger partial charge in [-0.3, -0.25) is 4.79 Å². The Bertz CT molecular complexity index is 422. The number of esters is 1. The molecule has 4 nitrogen and oxygen atoms in total. The van der Waals surface area contributed by atoms with Crippen molar-refractivity contribution in [3.63, 3.8) is 0 Å². The third kappa shape index (κ3) is 5.12. The topological polar surface area (TPSA) is 52.6 Å². The first-order valence-corrected chi connectivity index (χ1v) is 6.39.